The molecule has 1 aromatic heterocycles. The van der Waals surface area contributed by atoms with Crippen molar-refractivity contribution in [2.45, 2.75) is 19.6 Å². The third kappa shape index (κ3) is 1.54. The van der Waals surface area contributed by atoms with Gasteiger partial charge in [0.15, 0.2) is 11.5 Å². The van der Waals surface area contributed by atoms with Crippen LogP contribution in [0.3, 0.4) is 0 Å². The molecule has 3 nitrogen and oxygen atoms in total. The summed E-state index contributed by atoms with van der Waals surface area (Å²) in [6.07, 6.45) is 5.86. The Labute approximate surface area is 77.6 Å². The molecule has 1 atom stereocenters. The Balaban J connectivity index is 2.23. The van der Waals surface area contributed by atoms with Gasteiger partial charge in [-0.05, 0) is 6.92 Å². The van der Waals surface area contributed by atoms with Crippen molar-refractivity contribution in [2.75, 3.05) is 6.61 Å². The normalized spacial score (nSPS) is 19.9. The van der Waals surface area contributed by atoms with E-state index >= 15 is 0 Å². The lowest BCUT2D eigenvalue weighted by Crippen LogP contribution is -2.24. The van der Waals surface area contributed by atoms with E-state index < -0.39 is 0 Å². The molecule has 0 fully saturated rings. The Bertz CT molecular complexity index is 317. The van der Waals surface area contributed by atoms with Crippen molar-refractivity contribution < 1.29 is 9.47 Å². The van der Waals surface area contributed by atoms with Gasteiger partial charge in [-0.15, -0.1) is 6.58 Å². The van der Waals surface area contributed by atoms with Gasteiger partial charge >= 0.3 is 0 Å². The first-order valence-corrected chi connectivity index (χ1v) is 4.39. The minimum absolute atomic E-state index is 0.145. The Hall–Kier alpha value is -1.38. The van der Waals surface area contributed by atoms with Crippen molar-refractivity contribution >= 4 is 0 Å². The molecule has 1 aromatic rings. The Morgan fingerprint density at radius 1 is 1.62 bits per heavy atom. The summed E-state index contributed by atoms with van der Waals surface area (Å²) in [5, 5.41) is 0. The zero-order chi connectivity index (χ0) is 9.26. The van der Waals surface area contributed by atoms with Crippen molar-refractivity contribution in [1.82, 2.24) is 4.57 Å². The molecule has 0 spiro atoms. The third-order valence-corrected chi connectivity index (χ3v) is 1.95. The predicted molar refractivity (Wildman–Crippen MR) is 50.2 cm³/mol. The molecule has 13 heavy (non-hydrogen) atoms. The predicted octanol–water partition coefficient (Wildman–Crippen LogP) is 1.83. The fraction of sp³-hybridized carbons (Fsp3) is 0.400. The molecule has 1 aliphatic heterocycles. The maximum atomic E-state index is 5.58. The van der Waals surface area contributed by atoms with Crippen LogP contribution in [-0.4, -0.2) is 17.3 Å². The summed E-state index contributed by atoms with van der Waals surface area (Å²) in [5.41, 5.74) is 0. The first-order chi connectivity index (χ1) is 6.29. The molecule has 1 unspecified atom stereocenters. The minimum atomic E-state index is 0.145. The summed E-state index contributed by atoms with van der Waals surface area (Å²) in [4.78, 5) is 0. The van der Waals surface area contributed by atoms with Gasteiger partial charge in [-0.25, -0.2) is 0 Å². The van der Waals surface area contributed by atoms with Crippen LogP contribution in [0.15, 0.2) is 25.0 Å². The Morgan fingerprint density at radius 3 is 3.15 bits per heavy atom. The van der Waals surface area contributed by atoms with Crippen LogP contribution in [0.5, 0.6) is 11.5 Å². The van der Waals surface area contributed by atoms with Crippen LogP contribution in [0.4, 0.5) is 0 Å². The molecule has 0 saturated carbocycles. The zero-order valence-corrected chi connectivity index (χ0v) is 7.69. The van der Waals surface area contributed by atoms with Gasteiger partial charge in [0.05, 0.1) is 12.4 Å². The molecule has 0 radical (unpaired) electrons. The zero-order valence-electron chi connectivity index (χ0n) is 7.69. The molecule has 0 bridgehead atoms. The van der Waals surface area contributed by atoms with Crippen LogP contribution < -0.4 is 9.47 Å². The third-order valence-electron chi connectivity index (χ3n) is 1.95. The van der Waals surface area contributed by atoms with Crippen LogP contribution in [0.25, 0.3) is 0 Å². The standard InChI is InChI=1S/C10H13NO2/c1-3-4-11-5-9-10(6-11)13-8(2)7-12-9/h3,5-6,8H,1,4,7H2,2H3. The quantitative estimate of drug-likeness (QED) is 0.646. The van der Waals surface area contributed by atoms with Crippen LogP contribution in [-0.2, 0) is 6.54 Å². The van der Waals surface area contributed by atoms with E-state index in [0.29, 0.717) is 6.61 Å². The summed E-state index contributed by atoms with van der Waals surface area (Å²) >= 11 is 0. The average Bonchev–Trinajstić information content (AvgIpc) is 2.46. The van der Waals surface area contributed by atoms with Crippen molar-refractivity contribution in [1.29, 1.82) is 0 Å². The van der Waals surface area contributed by atoms with Crippen molar-refractivity contribution in [3.8, 4) is 11.5 Å². The van der Waals surface area contributed by atoms with Gasteiger partial charge in [0, 0.05) is 6.54 Å². The number of nitrogens with zero attached hydrogens (tertiary/aromatic N) is 1. The Kier molecular flexibility index (Phi) is 2.00. The lowest BCUT2D eigenvalue weighted by atomic mass is 10.4. The summed E-state index contributed by atoms with van der Waals surface area (Å²) in [7, 11) is 0. The second-order valence-electron chi connectivity index (χ2n) is 3.21. The maximum absolute atomic E-state index is 5.58. The van der Waals surface area contributed by atoms with Crippen LogP contribution in [0.1, 0.15) is 6.92 Å². The number of ether oxygens (including phenoxy) is 2. The number of rotatable bonds is 2. The van der Waals surface area contributed by atoms with Gasteiger partial charge in [0.2, 0.25) is 0 Å². The van der Waals surface area contributed by atoms with Crippen molar-refractivity contribution in [2.24, 2.45) is 0 Å². The SMILES string of the molecule is C=CCn1cc2c(c1)OC(C)CO2. The number of aromatic nitrogens is 1. The lowest BCUT2D eigenvalue weighted by Gasteiger charge is -2.20. The summed E-state index contributed by atoms with van der Waals surface area (Å²) in [5.74, 6) is 1.67. The topological polar surface area (TPSA) is 23.4 Å². The highest BCUT2D eigenvalue weighted by Gasteiger charge is 2.18. The molecule has 2 rings (SSSR count). The molecule has 3 heteroatoms. The molecule has 70 valence electrons. The van der Waals surface area contributed by atoms with Gasteiger partial charge in [-0.1, -0.05) is 6.08 Å². The monoisotopic (exact) mass is 179 g/mol. The second-order valence-corrected chi connectivity index (χ2v) is 3.21. The number of hydrogen-bond acceptors (Lipinski definition) is 2. The van der Waals surface area contributed by atoms with Gasteiger partial charge < -0.3 is 14.0 Å². The minimum Gasteiger partial charge on any atom is -0.484 e. The van der Waals surface area contributed by atoms with E-state index in [1.807, 2.05) is 30.0 Å². The highest BCUT2D eigenvalue weighted by atomic mass is 16.6. The van der Waals surface area contributed by atoms with E-state index in [4.69, 9.17) is 9.47 Å². The van der Waals surface area contributed by atoms with Crippen molar-refractivity contribution in [3.63, 3.8) is 0 Å². The van der Waals surface area contributed by atoms with E-state index in [1.165, 1.54) is 0 Å². The first kappa shape index (κ1) is 8.23. The first-order valence-electron chi connectivity index (χ1n) is 4.39. The molecule has 1 aliphatic rings. The van der Waals surface area contributed by atoms with Crippen LogP contribution in [0.2, 0.25) is 0 Å². The van der Waals surface area contributed by atoms with Crippen molar-refractivity contribution in [3.05, 3.63) is 25.0 Å². The van der Waals surface area contributed by atoms with Gasteiger partial charge in [-0.2, -0.15) is 0 Å². The molecular formula is C10H13NO2. The average molecular weight is 179 g/mol. The van der Waals surface area contributed by atoms with E-state index in [0.717, 1.165) is 18.0 Å². The number of fused-ring (bicyclic) bond motifs is 1. The molecule has 0 amide bonds. The number of hydrogen-bond donors (Lipinski definition) is 0. The smallest absolute Gasteiger partial charge is 0.179 e. The highest BCUT2D eigenvalue weighted by Crippen LogP contribution is 2.32. The van der Waals surface area contributed by atoms with Crippen LogP contribution >= 0.6 is 0 Å². The molecular weight excluding hydrogens is 166 g/mol. The summed E-state index contributed by atoms with van der Waals surface area (Å²) in [6, 6.07) is 0. The Morgan fingerprint density at radius 2 is 2.38 bits per heavy atom. The summed E-state index contributed by atoms with van der Waals surface area (Å²) in [6.45, 7) is 7.08. The molecule has 0 N–H and O–H groups in total. The van der Waals surface area contributed by atoms with Gasteiger partial charge in [0.25, 0.3) is 0 Å². The fourth-order valence-electron chi connectivity index (χ4n) is 1.38. The van der Waals surface area contributed by atoms with Crippen LogP contribution in [0, 0.1) is 0 Å². The van der Waals surface area contributed by atoms with E-state index in [9.17, 15) is 0 Å². The number of allylic oxidation sites excluding steroid dienone is 1. The molecule has 0 aromatic carbocycles. The molecule has 0 aliphatic carbocycles. The van der Waals surface area contributed by atoms with E-state index in [2.05, 4.69) is 6.58 Å². The highest BCUT2D eigenvalue weighted by molar-refractivity contribution is 5.39. The van der Waals surface area contributed by atoms with E-state index in [1.54, 1.807) is 0 Å². The molecule has 0 saturated heterocycles. The molecule has 2 heterocycles. The largest absolute Gasteiger partial charge is 0.484 e. The summed E-state index contributed by atoms with van der Waals surface area (Å²) < 4.78 is 13.1. The van der Waals surface area contributed by atoms with Gasteiger partial charge in [0.1, 0.15) is 12.7 Å². The van der Waals surface area contributed by atoms with Gasteiger partial charge in [-0.3, -0.25) is 0 Å². The fourth-order valence-corrected chi connectivity index (χ4v) is 1.38. The lowest BCUT2D eigenvalue weighted by molar-refractivity contribution is 0.106. The van der Waals surface area contributed by atoms with E-state index in [-0.39, 0.29) is 6.10 Å². The second kappa shape index (κ2) is 3.17. The maximum Gasteiger partial charge on any atom is 0.179 e.